The summed E-state index contributed by atoms with van der Waals surface area (Å²) < 4.78 is 45.9. The van der Waals surface area contributed by atoms with Crippen LogP contribution in [0.25, 0.3) is 0 Å². The lowest BCUT2D eigenvalue weighted by Gasteiger charge is -2.19. The second-order valence-corrected chi connectivity index (χ2v) is 9.26. The minimum atomic E-state index is -3.91. The number of halogens is 1. The molecule has 0 bridgehead atoms. The molecule has 3 rings (SSSR count). The van der Waals surface area contributed by atoms with E-state index in [-0.39, 0.29) is 28.6 Å². The van der Waals surface area contributed by atoms with Crippen LogP contribution in [0.2, 0.25) is 0 Å². The van der Waals surface area contributed by atoms with E-state index in [1.54, 1.807) is 12.1 Å². The summed E-state index contributed by atoms with van der Waals surface area (Å²) in [6.45, 7) is 0.507. The van der Waals surface area contributed by atoms with Crippen LogP contribution in [0.4, 0.5) is 4.39 Å². The third-order valence-corrected chi connectivity index (χ3v) is 6.80. The molecule has 0 aliphatic carbocycles. The number of rotatable bonds is 9. The highest BCUT2D eigenvalue weighted by Crippen LogP contribution is 2.28. The van der Waals surface area contributed by atoms with Crippen LogP contribution in [0.5, 0.6) is 5.75 Å². The fourth-order valence-corrected chi connectivity index (χ4v) is 4.52. The van der Waals surface area contributed by atoms with Crippen molar-refractivity contribution in [1.82, 2.24) is 9.62 Å². The Morgan fingerprint density at radius 2 is 1.69 bits per heavy atom. The van der Waals surface area contributed by atoms with Crippen molar-refractivity contribution in [3.8, 4) is 5.75 Å². The summed E-state index contributed by atoms with van der Waals surface area (Å²) in [6, 6.07) is 19.6. The van der Waals surface area contributed by atoms with Crippen LogP contribution in [0.1, 0.15) is 21.5 Å². The predicted molar refractivity (Wildman–Crippen MR) is 121 cm³/mol. The van der Waals surface area contributed by atoms with Gasteiger partial charge in [-0.05, 0) is 47.9 Å². The molecule has 1 amide bonds. The molecule has 0 aromatic heterocycles. The van der Waals surface area contributed by atoms with Gasteiger partial charge in [-0.2, -0.15) is 4.31 Å². The van der Waals surface area contributed by atoms with Crippen LogP contribution in [0.3, 0.4) is 0 Å². The maximum absolute atomic E-state index is 13.2. The Labute approximate surface area is 187 Å². The van der Waals surface area contributed by atoms with Crippen molar-refractivity contribution in [3.05, 3.63) is 95.3 Å². The summed E-state index contributed by atoms with van der Waals surface area (Å²) >= 11 is 0. The van der Waals surface area contributed by atoms with E-state index in [0.717, 1.165) is 11.1 Å². The summed E-state index contributed by atoms with van der Waals surface area (Å²) in [4.78, 5) is 12.5. The van der Waals surface area contributed by atoms with Crippen LogP contribution in [0.15, 0.2) is 77.7 Å². The first-order valence-electron chi connectivity index (χ1n) is 10.0. The average molecular weight is 457 g/mol. The zero-order chi connectivity index (χ0) is 23.1. The Kier molecular flexibility index (Phi) is 7.61. The zero-order valence-electron chi connectivity index (χ0n) is 17.9. The second-order valence-electron chi connectivity index (χ2n) is 7.24. The van der Waals surface area contributed by atoms with Crippen molar-refractivity contribution in [3.63, 3.8) is 0 Å². The summed E-state index contributed by atoms with van der Waals surface area (Å²) in [7, 11) is -1.04. The van der Waals surface area contributed by atoms with Crippen LogP contribution in [-0.2, 0) is 23.0 Å². The molecular weight excluding hydrogens is 431 g/mol. The summed E-state index contributed by atoms with van der Waals surface area (Å²) in [5.41, 5.74) is 1.93. The van der Waals surface area contributed by atoms with Gasteiger partial charge in [0.05, 0.1) is 7.11 Å². The number of nitrogens with one attached hydrogen (secondary N) is 1. The summed E-state index contributed by atoms with van der Waals surface area (Å²) in [5.74, 6) is -0.563. The molecule has 0 saturated heterocycles. The number of benzene rings is 3. The van der Waals surface area contributed by atoms with Crippen molar-refractivity contribution in [2.24, 2.45) is 0 Å². The van der Waals surface area contributed by atoms with Gasteiger partial charge in [0.15, 0.2) is 0 Å². The summed E-state index contributed by atoms with van der Waals surface area (Å²) in [6.07, 6.45) is 0.521. The van der Waals surface area contributed by atoms with Gasteiger partial charge in [0, 0.05) is 25.7 Å². The Morgan fingerprint density at radius 1 is 1.00 bits per heavy atom. The highest BCUT2D eigenvalue weighted by molar-refractivity contribution is 7.89. The normalized spacial score (nSPS) is 11.4. The molecule has 0 radical (unpaired) electrons. The molecule has 0 saturated carbocycles. The molecular formula is C24H25FN2O4S. The molecule has 0 spiro atoms. The third kappa shape index (κ3) is 5.72. The fourth-order valence-electron chi connectivity index (χ4n) is 3.19. The number of hydrogen-bond acceptors (Lipinski definition) is 4. The smallest absolute Gasteiger partial charge is 0.251 e. The molecule has 6 nitrogen and oxygen atoms in total. The van der Waals surface area contributed by atoms with Gasteiger partial charge in [0.2, 0.25) is 10.0 Å². The molecule has 168 valence electrons. The molecule has 0 unspecified atom stereocenters. The van der Waals surface area contributed by atoms with Gasteiger partial charge in [-0.1, -0.05) is 42.5 Å². The molecule has 1 N–H and O–H groups in total. The molecule has 0 heterocycles. The first-order valence-corrected chi connectivity index (χ1v) is 11.5. The number of carbonyl (C=O) groups is 1. The van der Waals surface area contributed by atoms with Crippen molar-refractivity contribution in [2.45, 2.75) is 17.9 Å². The number of amides is 1. The van der Waals surface area contributed by atoms with E-state index in [4.69, 9.17) is 4.74 Å². The monoisotopic (exact) mass is 456 g/mol. The van der Waals surface area contributed by atoms with E-state index in [1.807, 2.05) is 30.3 Å². The van der Waals surface area contributed by atoms with Gasteiger partial charge in [-0.3, -0.25) is 4.79 Å². The molecule has 32 heavy (non-hydrogen) atoms. The molecule has 0 atom stereocenters. The van der Waals surface area contributed by atoms with Crippen molar-refractivity contribution >= 4 is 15.9 Å². The first-order chi connectivity index (χ1) is 15.3. The third-order valence-electron chi connectivity index (χ3n) is 4.97. The van der Waals surface area contributed by atoms with Crippen LogP contribution in [-0.4, -0.2) is 39.3 Å². The molecule has 0 aliphatic rings. The predicted octanol–water partition coefficient (Wildman–Crippen LogP) is 3.63. The maximum Gasteiger partial charge on any atom is 0.251 e. The van der Waals surface area contributed by atoms with Crippen molar-refractivity contribution < 1.29 is 22.3 Å². The topological polar surface area (TPSA) is 75.7 Å². The minimum Gasteiger partial charge on any atom is -0.495 e. The van der Waals surface area contributed by atoms with Gasteiger partial charge in [-0.25, -0.2) is 12.8 Å². The van der Waals surface area contributed by atoms with Crippen LogP contribution >= 0.6 is 0 Å². The number of carbonyl (C=O) groups excluding carboxylic acids is 1. The maximum atomic E-state index is 13.2. The number of nitrogens with zero attached hydrogens (tertiary/aromatic N) is 1. The molecule has 8 heteroatoms. The Hall–Kier alpha value is -3.23. The van der Waals surface area contributed by atoms with Crippen molar-refractivity contribution in [1.29, 1.82) is 0 Å². The van der Waals surface area contributed by atoms with Gasteiger partial charge in [0.25, 0.3) is 5.91 Å². The summed E-state index contributed by atoms with van der Waals surface area (Å²) in [5, 5.41) is 2.77. The first kappa shape index (κ1) is 23.4. The fraction of sp³-hybridized carbons (Fsp3) is 0.208. The van der Waals surface area contributed by atoms with E-state index in [2.05, 4.69) is 5.32 Å². The van der Waals surface area contributed by atoms with Gasteiger partial charge < -0.3 is 10.1 Å². The lowest BCUT2D eigenvalue weighted by Crippen LogP contribution is -2.28. The molecule has 0 fully saturated rings. The highest BCUT2D eigenvalue weighted by atomic mass is 32.2. The highest BCUT2D eigenvalue weighted by Gasteiger charge is 2.26. The zero-order valence-corrected chi connectivity index (χ0v) is 18.7. The van der Waals surface area contributed by atoms with Gasteiger partial charge >= 0.3 is 0 Å². The largest absolute Gasteiger partial charge is 0.495 e. The number of sulfonamides is 1. The van der Waals surface area contributed by atoms with Gasteiger partial charge in [0.1, 0.15) is 16.5 Å². The molecule has 3 aromatic carbocycles. The van der Waals surface area contributed by atoms with E-state index in [0.29, 0.717) is 13.0 Å². The van der Waals surface area contributed by atoms with E-state index >= 15 is 0 Å². The molecule has 0 aliphatic heterocycles. The van der Waals surface area contributed by atoms with E-state index in [1.165, 1.54) is 48.8 Å². The van der Waals surface area contributed by atoms with E-state index in [9.17, 15) is 17.6 Å². The number of methoxy groups -OCH3 is 1. The standard InChI is InChI=1S/C24H25FN2O4S/c1-27(17-19-6-4-3-5-7-19)32(29,30)23-16-20(10-13-22(23)31-2)24(28)26-15-14-18-8-11-21(25)12-9-18/h3-13,16H,14-15,17H2,1-2H3,(H,26,28). The second kappa shape index (κ2) is 10.4. The Balaban J connectivity index is 1.75. The SMILES string of the molecule is COc1ccc(C(=O)NCCc2ccc(F)cc2)cc1S(=O)(=O)N(C)Cc1ccccc1. The van der Waals surface area contributed by atoms with Crippen molar-refractivity contribution in [2.75, 3.05) is 20.7 Å². The van der Waals surface area contributed by atoms with Crippen LogP contribution < -0.4 is 10.1 Å². The minimum absolute atomic E-state index is 0.0791. The lowest BCUT2D eigenvalue weighted by atomic mass is 10.1. The number of ether oxygens (including phenoxy) is 1. The van der Waals surface area contributed by atoms with Gasteiger partial charge in [-0.15, -0.1) is 0 Å². The number of hydrogen-bond donors (Lipinski definition) is 1. The van der Waals surface area contributed by atoms with Crippen LogP contribution in [0, 0.1) is 5.82 Å². The average Bonchev–Trinajstić information content (AvgIpc) is 2.80. The molecule has 3 aromatic rings. The lowest BCUT2D eigenvalue weighted by molar-refractivity contribution is 0.0954. The Bertz CT molecular complexity index is 1170. The Morgan fingerprint density at radius 3 is 2.34 bits per heavy atom. The quantitative estimate of drug-likeness (QED) is 0.534. The van der Waals surface area contributed by atoms with E-state index < -0.39 is 15.9 Å².